The molecular formula is C13H14BrNOS. The Balaban J connectivity index is 1.72. The molecule has 2 nitrogen and oxygen atoms in total. The molecule has 4 heteroatoms. The highest BCUT2D eigenvalue weighted by Crippen LogP contribution is 2.46. The molecule has 1 saturated carbocycles. The Bertz CT molecular complexity index is 482. The second-order valence-electron chi connectivity index (χ2n) is 4.72. The van der Waals surface area contributed by atoms with Crippen molar-refractivity contribution in [3.8, 4) is 0 Å². The van der Waals surface area contributed by atoms with Crippen molar-refractivity contribution < 1.29 is 4.42 Å². The van der Waals surface area contributed by atoms with Gasteiger partial charge in [-0.05, 0) is 30.4 Å². The number of rotatable bonds is 4. The second-order valence-corrected chi connectivity index (χ2v) is 6.21. The fourth-order valence-electron chi connectivity index (χ4n) is 2.12. The Hall–Kier alpha value is -0.480. The van der Waals surface area contributed by atoms with E-state index in [0.717, 1.165) is 27.4 Å². The van der Waals surface area contributed by atoms with Crippen LogP contribution < -0.4 is 0 Å². The number of alkyl halides is 1. The third kappa shape index (κ3) is 2.25. The van der Waals surface area contributed by atoms with Gasteiger partial charge in [-0.15, -0.1) is 0 Å². The number of oxazole rings is 1. The highest BCUT2D eigenvalue weighted by atomic mass is 79.9. The van der Waals surface area contributed by atoms with Gasteiger partial charge in [0, 0.05) is 11.1 Å². The zero-order chi connectivity index (χ0) is 11.7. The molecule has 1 fully saturated rings. The molecule has 17 heavy (non-hydrogen) atoms. The van der Waals surface area contributed by atoms with Crippen LogP contribution in [0.2, 0.25) is 0 Å². The molecule has 0 amide bonds. The number of hydrogen-bond acceptors (Lipinski definition) is 3. The number of para-hydroxylation sites is 2. The molecule has 1 aromatic heterocycles. The lowest BCUT2D eigenvalue weighted by Gasteiger charge is -2.39. The van der Waals surface area contributed by atoms with Crippen LogP contribution >= 0.6 is 27.7 Å². The van der Waals surface area contributed by atoms with E-state index in [1.807, 2.05) is 24.3 Å². The van der Waals surface area contributed by atoms with Gasteiger partial charge in [-0.25, -0.2) is 4.98 Å². The maximum atomic E-state index is 5.71. The van der Waals surface area contributed by atoms with E-state index in [9.17, 15) is 0 Å². The van der Waals surface area contributed by atoms with Gasteiger partial charge in [0.25, 0.3) is 5.22 Å². The predicted octanol–water partition coefficient (Wildman–Crippen LogP) is 4.49. The minimum absolute atomic E-state index is 0.478. The monoisotopic (exact) mass is 311 g/mol. The average Bonchev–Trinajstić information content (AvgIpc) is 2.71. The summed E-state index contributed by atoms with van der Waals surface area (Å²) in [6.45, 7) is 0. The molecular weight excluding hydrogens is 298 g/mol. The lowest BCUT2D eigenvalue weighted by atomic mass is 9.72. The fourth-order valence-corrected chi connectivity index (χ4v) is 4.27. The molecule has 0 bridgehead atoms. The van der Waals surface area contributed by atoms with Crippen molar-refractivity contribution in [3.63, 3.8) is 0 Å². The molecule has 1 aliphatic carbocycles. The highest BCUT2D eigenvalue weighted by Gasteiger charge is 2.36. The first-order chi connectivity index (χ1) is 8.31. The van der Waals surface area contributed by atoms with Crippen molar-refractivity contribution >= 4 is 38.8 Å². The van der Waals surface area contributed by atoms with E-state index in [-0.39, 0.29) is 0 Å². The number of hydrogen-bond donors (Lipinski definition) is 0. The lowest BCUT2D eigenvalue weighted by molar-refractivity contribution is 0.206. The Kier molecular flexibility index (Phi) is 3.17. The van der Waals surface area contributed by atoms with E-state index in [2.05, 4.69) is 20.9 Å². The predicted molar refractivity (Wildman–Crippen MR) is 74.8 cm³/mol. The van der Waals surface area contributed by atoms with Gasteiger partial charge in [0.05, 0.1) is 0 Å². The molecule has 0 N–H and O–H groups in total. The summed E-state index contributed by atoms with van der Waals surface area (Å²) < 4.78 is 5.71. The smallest absolute Gasteiger partial charge is 0.256 e. The standard InChI is InChI=1S/C13H14BrNOS/c14-8-13(6-3-7-13)9-17-12-15-10-4-1-2-5-11(10)16-12/h1-2,4-5H,3,6-9H2. The summed E-state index contributed by atoms with van der Waals surface area (Å²) in [4.78, 5) is 4.49. The molecule has 1 aliphatic rings. The fraction of sp³-hybridized carbons (Fsp3) is 0.462. The Labute approximate surface area is 113 Å². The Morgan fingerprint density at radius 1 is 1.35 bits per heavy atom. The molecule has 0 spiro atoms. The van der Waals surface area contributed by atoms with Crippen LogP contribution in [0.15, 0.2) is 33.9 Å². The van der Waals surface area contributed by atoms with Crippen LogP contribution in [0.25, 0.3) is 11.1 Å². The topological polar surface area (TPSA) is 26.0 Å². The average molecular weight is 312 g/mol. The van der Waals surface area contributed by atoms with Crippen molar-refractivity contribution in [2.45, 2.75) is 24.5 Å². The van der Waals surface area contributed by atoms with Crippen LogP contribution in [-0.2, 0) is 0 Å². The van der Waals surface area contributed by atoms with Gasteiger partial charge < -0.3 is 4.42 Å². The number of thioether (sulfide) groups is 1. The number of halogens is 1. The van der Waals surface area contributed by atoms with E-state index in [1.165, 1.54) is 19.3 Å². The first-order valence-corrected chi connectivity index (χ1v) is 7.96. The third-order valence-electron chi connectivity index (χ3n) is 3.47. The zero-order valence-electron chi connectivity index (χ0n) is 9.49. The van der Waals surface area contributed by atoms with Gasteiger partial charge in [0.2, 0.25) is 0 Å². The first kappa shape index (κ1) is 11.6. The van der Waals surface area contributed by atoms with E-state index < -0.39 is 0 Å². The summed E-state index contributed by atoms with van der Waals surface area (Å²) in [5.74, 6) is 1.10. The molecule has 0 atom stereocenters. The highest BCUT2D eigenvalue weighted by molar-refractivity contribution is 9.09. The summed E-state index contributed by atoms with van der Waals surface area (Å²) in [6, 6.07) is 7.93. The largest absolute Gasteiger partial charge is 0.431 e. The van der Waals surface area contributed by atoms with Crippen LogP contribution in [0.5, 0.6) is 0 Å². The molecule has 1 aromatic carbocycles. The molecule has 2 aromatic rings. The lowest BCUT2D eigenvalue weighted by Crippen LogP contribution is -2.33. The summed E-state index contributed by atoms with van der Waals surface area (Å²) in [5.41, 5.74) is 2.32. The summed E-state index contributed by atoms with van der Waals surface area (Å²) in [5, 5.41) is 1.89. The minimum Gasteiger partial charge on any atom is -0.431 e. The van der Waals surface area contributed by atoms with Crippen LogP contribution in [0.1, 0.15) is 19.3 Å². The minimum atomic E-state index is 0.478. The SMILES string of the molecule is BrCC1(CSc2nc3ccccc3o2)CCC1. The quantitative estimate of drug-likeness (QED) is 0.615. The van der Waals surface area contributed by atoms with Crippen LogP contribution in [0, 0.1) is 5.41 Å². The molecule has 0 unspecified atom stereocenters. The van der Waals surface area contributed by atoms with Gasteiger partial charge in [-0.3, -0.25) is 0 Å². The van der Waals surface area contributed by atoms with Crippen LogP contribution in [0.4, 0.5) is 0 Å². The van der Waals surface area contributed by atoms with Crippen molar-refractivity contribution in [3.05, 3.63) is 24.3 Å². The number of fused-ring (bicyclic) bond motifs is 1. The molecule has 0 saturated heterocycles. The summed E-state index contributed by atoms with van der Waals surface area (Å²) in [7, 11) is 0. The van der Waals surface area contributed by atoms with E-state index in [0.29, 0.717) is 5.41 Å². The van der Waals surface area contributed by atoms with E-state index in [1.54, 1.807) is 11.8 Å². The third-order valence-corrected chi connectivity index (χ3v) is 5.84. The Morgan fingerprint density at radius 3 is 2.82 bits per heavy atom. The maximum absolute atomic E-state index is 5.71. The molecule has 3 rings (SSSR count). The number of aromatic nitrogens is 1. The van der Waals surface area contributed by atoms with Gasteiger partial charge in [-0.2, -0.15) is 0 Å². The first-order valence-electron chi connectivity index (χ1n) is 5.86. The summed E-state index contributed by atoms with van der Waals surface area (Å²) in [6.07, 6.45) is 4.01. The van der Waals surface area contributed by atoms with Gasteiger partial charge in [0.15, 0.2) is 5.58 Å². The second kappa shape index (κ2) is 4.65. The molecule has 0 radical (unpaired) electrons. The van der Waals surface area contributed by atoms with Gasteiger partial charge >= 0.3 is 0 Å². The van der Waals surface area contributed by atoms with Crippen molar-refractivity contribution in [2.75, 3.05) is 11.1 Å². The maximum Gasteiger partial charge on any atom is 0.256 e. The van der Waals surface area contributed by atoms with Crippen LogP contribution in [-0.4, -0.2) is 16.1 Å². The van der Waals surface area contributed by atoms with Crippen molar-refractivity contribution in [2.24, 2.45) is 5.41 Å². The van der Waals surface area contributed by atoms with E-state index in [4.69, 9.17) is 4.42 Å². The number of nitrogens with zero attached hydrogens (tertiary/aromatic N) is 1. The van der Waals surface area contributed by atoms with Crippen molar-refractivity contribution in [1.82, 2.24) is 4.98 Å². The van der Waals surface area contributed by atoms with Crippen LogP contribution in [0.3, 0.4) is 0 Å². The molecule has 0 aliphatic heterocycles. The molecule has 1 heterocycles. The number of benzene rings is 1. The van der Waals surface area contributed by atoms with E-state index >= 15 is 0 Å². The zero-order valence-corrected chi connectivity index (χ0v) is 11.9. The van der Waals surface area contributed by atoms with Crippen molar-refractivity contribution in [1.29, 1.82) is 0 Å². The molecule has 90 valence electrons. The summed E-state index contributed by atoms with van der Waals surface area (Å²) >= 11 is 5.37. The van der Waals surface area contributed by atoms with Gasteiger partial charge in [-0.1, -0.05) is 46.2 Å². The Morgan fingerprint density at radius 2 is 2.18 bits per heavy atom. The van der Waals surface area contributed by atoms with Gasteiger partial charge in [0.1, 0.15) is 5.52 Å². The normalized spacial score (nSPS) is 18.2.